The quantitative estimate of drug-likeness (QED) is 0.612. The summed E-state index contributed by atoms with van der Waals surface area (Å²) in [5.74, 6) is 0.686. The van der Waals surface area contributed by atoms with Crippen LogP contribution in [0, 0.1) is 5.92 Å². The summed E-state index contributed by atoms with van der Waals surface area (Å²) < 4.78 is 0. The van der Waals surface area contributed by atoms with Crippen molar-refractivity contribution >= 4 is 0 Å². The summed E-state index contributed by atoms with van der Waals surface area (Å²) in [7, 11) is 0. The van der Waals surface area contributed by atoms with Crippen LogP contribution < -0.4 is 11.3 Å². The second-order valence-corrected chi connectivity index (χ2v) is 3.30. The molecule has 1 aromatic rings. The molecule has 4 N–H and O–H groups in total. The van der Waals surface area contributed by atoms with Gasteiger partial charge in [0.05, 0.1) is 0 Å². The van der Waals surface area contributed by atoms with E-state index in [1.807, 2.05) is 0 Å². The second-order valence-electron chi connectivity index (χ2n) is 3.30. The predicted molar refractivity (Wildman–Crippen MR) is 48.0 cm³/mol. The van der Waals surface area contributed by atoms with Gasteiger partial charge in [-0.15, -0.1) is 0 Å². The highest BCUT2D eigenvalue weighted by Crippen LogP contribution is 2.19. The number of nitrogens with two attached hydrogens (primary N) is 1. The maximum Gasteiger partial charge on any atom is 0.264 e. The Morgan fingerprint density at radius 3 is 2.50 bits per heavy atom. The van der Waals surface area contributed by atoms with Crippen LogP contribution in [0.25, 0.3) is 0 Å². The molecule has 1 rings (SSSR count). The lowest BCUT2D eigenvalue weighted by atomic mass is 9.93. The molecule has 4 heteroatoms. The van der Waals surface area contributed by atoms with Crippen molar-refractivity contribution in [2.24, 2.45) is 11.7 Å². The zero-order chi connectivity index (χ0) is 9.14. The predicted octanol–water partition coefficient (Wildman–Crippen LogP) is 0.401. The van der Waals surface area contributed by atoms with Crippen LogP contribution in [0.2, 0.25) is 0 Å². The van der Waals surface area contributed by atoms with Gasteiger partial charge < -0.3 is 10.8 Å². The maximum absolute atomic E-state index is 10.8. The molecular weight excluding hydrogens is 154 g/mol. The molecule has 1 aromatic heterocycles. The molecule has 0 fully saturated rings. The first kappa shape index (κ1) is 9.06. The van der Waals surface area contributed by atoms with Gasteiger partial charge in [-0.2, -0.15) is 0 Å². The third-order valence-corrected chi connectivity index (χ3v) is 2.07. The van der Waals surface area contributed by atoms with Crippen molar-refractivity contribution in [1.29, 1.82) is 0 Å². The minimum Gasteiger partial charge on any atom is -0.330 e. The Hall–Kier alpha value is -1.03. The third kappa shape index (κ3) is 1.76. The zero-order valence-electron chi connectivity index (χ0n) is 7.42. The number of nitrogens with one attached hydrogen (secondary N) is 2. The largest absolute Gasteiger partial charge is 0.330 e. The van der Waals surface area contributed by atoms with Gasteiger partial charge in [0.15, 0.2) is 0 Å². The molecule has 0 bridgehead atoms. The summed E-state index contributed by atoms with van der Waals surface area (Å²) >= 11 is 0. The van der Waals surface area contributed by atoms with Crippen molar-refractivity contribution in [1.82, 2.24) is 10.2 Å². The molecule has 0 saturated carbocycles. The number of aromatic amines is 2. The number of H-pyrrole nitrogens is 2. The van der Waals surface area contributed by atoms with Gasteiger partial charge in [-0.25, -0.2) is 0 Å². The summed E-state index contributed by atoms with van der Waals surface area (Å²) in [5.41, 5.74) is 6.39. The second kappa shape index (κ2) is 3.58. The van der Waals surface area contributed by atoms with E-state index in [9.17, 15) is 4.79 Å². The van der Waals surface area contributed by atoms with Gasteiger partial charge in [0.1, 0.15) is 0 Å². The Labute approximate surface area is 71.2 Å². The first-order chi connectivity index (χ1) is 5.65. The molecule has 68 valence electrons. The van der Waals surface area contributed by atoms with Gasteiger partial charge in [0.2, 0.25) is 0 Å². The third-order valence-electron chi connectivity index (χ3n) is 2.07. The Bertz CT molecular complexity index is 286. The van der Waals surface area contributed by atoms with Crippen molar-refractivity contribution in [2.75, 3.05) is 6.54 Å². The van der Waals surface area contributed by atoms with Crippen LogP contribution in [-0.4, -0.2) is 16.7 Å². The fourth-order valence-corrected chi connectivity index (χ4v) is 1.31. The van der Waals surface area contributed by atoms with Crippen molar-refractivity contribution in [2.45, 2.75) is 19.8 Å². The van der Waals surface area contributed by atoms with Crippen molar-refractivity contribution in [3.63, 3.8) is 0 Å². The van der Waals surface area contributed by atoms with E-state index in [4.69, 9.17) is 5.73 Å². The van der Waals surface area contributed by atoms with Crippen molar-refractivity contribution < 1.29 is 0 Å². The van der Waals surface area contributed by atoms with E-state index in [0.29, 0.717) is 12.5 Å². The molecule has 0 aromatic carbocycles. The molecule has 0 amide bonds. The van der Waals surface area contributed by atoms with Crippen molar-refractivity contribution in [3.8, 4) is 0 Å². The van der Waals surface area contributed by atoms with E-state index >= 15 is 0 Å². The Morgan fingerprint density at radius 2 is 2.17 bits per heavy atom. The minimum absolute atomic E-state index is 0.0934. The van der Waals surface area contributed by atoms with Gasteiger partial charge in [0, 0.05) is 24.2 Å². The standard InChI is InChI=1S/C8H15N3O/c1-5(2)6(4-9)7-3-8(12)11-10-7/h3,5-6H,4,9H2,1-2H3,(H2,10,11,12). The molecule has 0 aliphatic carbocycles. The topological polar surface area (TPSA) is 74.7 Å². The molecule has 0 aliphatic rings. The average Bonchev–Trinajstić information content (AvgIpc) is 2.37. The van der Waals surface area contributed by atoms with Crippen LogP contribution in [0.15, 0.2) is 10.9 Å². The maximum atomic E-state index is 10.8. The normalized spacial score (nSPS) is 13.7. The van der Waals surface area contributed by atoms with Gasteiger partial charge in [-0.3, -0.25) is 9.89 Å². The summed E-state index contributed by atoms with van der Waals surface area (Å²) in [4.78, 5) is 10.8. The van der Waals surface area contributed by atoms with E-state index in [2.05, 4.69) is 24.0 Å². The highest BCUT2D eigenvalue weighted by atomic mass is 16.1. The highest BCUT2D eigenvalue weighted by Gasteiger charge is 2.15. The first-order valence-corrected chi connectivity index (χ1v) is 4.12. The van der Waals surface area contributed by atoms with E-state index in [1.54, 1.807) is 6.07 Å². The Kier molecular flexibility index (Phi) is 2.70. The summed E-state index contributed by atoms with van der Waals surface area (Å²) in [5, 5.41) is 5.32. The molecule has 0 radical (unpaired) electrons. The van der Waals surface area contributed by atoms with Crippen LogP contribution in [-0.2, 0) is 0 Å². The monoisotopic (exact) mass is 169 g/mol. The molecule has 12 heavy (non-hydrogen) atoms. The fourth-order valence-electron chi connectivity index (χ4n) is 1.31. The highest BCUT2D eigenvalue weighted by molar-refractivity contribution is 5.07. The minimum atomic E-state index is -0.0934. The van der Waals surface area contributed by atoms with Crippen LogP contribution in [0.3, 0.4) is 0 Å². The number of hydrogen-bond acceptors (Lipinski definition) is 2. The van der Waals surface area contributed by atoms with Crippen LogP contribution >= 0.6 is 0 Å². The molecule has 0 saturated heterocycles. The lowest BCUT2D eigenvalue weighted by Crippen LogP contribution is -2.18. The average molecular weight is 169 g/mol. The summed E-state index contributed by atoms with van der Waals surface area (Å²) in [6, 6.07) is 1.57. The van der Waals surface area contributed by atoms with Gasteiger partial charge in [0.25, 0.3) is 5.56 Å². The first-order valence-electron chi connectivity index (χ1n) is 4.12. The van der Waals surface area contributed by atoms with Crippen molar-refractivity contribution in [3.05, 3.63) is 22.1 Å². The van der Waals surface area contributed by atoms with E-state index in [0.717, 1.165) is 5.69 Å². The molecule has 1 atom stereocenters. The van der Waals surface area contributed by atoms with Crippen LogP contribution in [0.4, 0.5) is 0 Å². The van der Waals surface area contributed by atoms with E-state index < -0.39 is 0 Å². The lowest BCUT2D eigenvalue weighted by molar-refractivity contribution is 0.495. The number of hydrogen-bond donors (Lipinski definition) is 3. The fraction of sp³-hybridized carbons (Fsp3) is 0.625. The SMILES string of the molecule is CC(C)C(CN)c1cc(=O)[nH][nH]1. The summed E-state index contributed by atoms with van der Waals surface area (Å²) in [6.07, 6.45) is 0. The molecule has 0 spiro atoms. The molecule has 1 unspecified atom stereocenters. The summed E-state index contributed by atoms with van der Waals surface area (Å²) in [6.45, 7) is 4.73. The van der Waals surface area contributed by atoms with E-state index in [-0.39, 0.29) is 11.5 Å². The van der Waals surface area contributed by atoms with Gasteiger partial charge in [-0.1, -0.05) is 13.8 Å². The van der Waals surface area contributed by atoms with Crippen LogP contribution in [0.1, 0.15) is 25.5 Å². The van der Waals surface area contributed by atoms with Gasteiger partial charge in [-0.05, 0) is 5.92 Å². The molecule has 0 aliphatic heterocycles. The zero-order valence-corrected chi connectivity index (χ0v) is 7.42. The van der Waals surface area contributed by atoms with E-state index in [1.165, 1.54) is 0 Å². The molecule has 1 heterocycles. The number of aromatic nitrogens is 2. The Balaban J connectivity index is 2.87. The van der Waals surface area contributed by atoms with Gasteiger partial charge >= 0.3 is 0 Å². The van der Waals surface area contributed by atoms with Crippen LogP contribution in [0.5, 0.6) is 0 Å². The lowest BCUT2D eigenvalue weighted by Gasteiger charge is -2.16. The smallest absolute Gasteiger partial charge is 0.264 e. The number of rotatable bonds is 3. The molecular formula is C8H15N3O. The molecule has 4 nitrogen and oxygen atoms in total. The Morgan fingerprint density at radius 1 is 1.50 bits per heavy atom.